The van der Waals surface area contributed by atoms with Crippen molar-refractivity contribution in [2.24, 2.45) is 5.41 Å². The number of nitrogens with zero attached hydrogens (tertiary/aromatic N) is 2. The van der Waals surface area contributed by atoms with Crippen LogP contribution in [0.25, 0.3) is 0 Å². The van der Waals surface area contributed by atoms with Crippen LogP contribution in [0.3, 0.4) is 0 Å². The minimum absolute atomic E-state index is 0.183. The molecular weight excluding hydrogens is 332 g/mol. The van der Waals surface area contributed by atoms with Gasteiger partial charge in [0.2, 0.25) is 11.8 Å². The van der Waals surface area contributed by atoms with Crippen LogP contribution in [0.4, 0.5) is 10.5 Å². The van der Waals surface area contributed by atoms with E-state index < -0.39 is 23.3 Å². The van der Waals surface area contributed by atoms with Crippen molar-refractivity contribution in [1.29, 1.82) is 0 Å². The van der Waals surface area contributed by atoms with Crippen molar-refractivity contribution in [3.8, 4) is 0 Å². The average Bonchev–Trinajstić information content (AvgIpc) is 2.52. The summed E-state index contributed by atoms with van der Waals surface area (Å²) in [4.78, 5) is 41.3. The number of hydrogen-bond acceptors (Lipinski definition) is 5. The maximum Gasteiger partial charge on any atom is 0.328 e. The Balaban J connectivity index is 1.91. The van der Waals surface area contributed by atoms with E-state index in [0.29, 0.717) is 18.1 Å². The molecule has 0 bridgehead atoms. The Kier molecular flexibility index (Phi) is 3.33. The molecule has 24 heavy (non-hydrogen) atoms. The molecule has 3 heterocycles. The molecule has 0 aromatic heterocycles. The molecule has 2 N–H and O–H groups in total. The molecule has 0 radical (unpaired) electrons. The van der Waals surface area contributed by atoms with Gasteiger partial charge in [-0.15, -0.1) is 0 Å². The first-order chi connectivity index (χ1) is 11.4. The van der Waals surface area contributed by atoms with E-state index in [1.165, 1.54) is 0 Å². The number of anilines is 1. The zero-order valence-corrected chi connectivity index (χ0v) is 13.9. The number of rotatable bonds is 0. The van der Waals surface area contributed by atoms with Crippen molar-refractivity contribution in [3.05, 3.63) is 28.8 Å². The highest BCUT2D eigenvalue weighted by Crippen LogP contribution is 2.46. The van der Waals surface area contributed by atoms with Crippen LogP contribution in [0.2, 0.25) is 5.02 Å². The van der Waals surface area contributed by atoms with Gasteiger partial charge in [-0.25, -0.2) is 4.79 Å². The first-order valence-corrected chi connectivity index (χ1v) is 8.21. The third-order valence-electron chi connectivity index (χ3n) is 5.28. The number of halogens is 1. The molecule has 0 saturated carbocycles. The van der Waals surface area contributed by atoms with Crippen LogP contribution >= 0.6 is 11.6 Å². The Labute approximate surface area is 143 Å². The molecule has 8 heteroatoms. The van der Waals surface area contributed by atoms with Gasteiger partial charge in [-0.3, -0.25) is 20.2 Å². The second-order valence-electron chi connectivity index (χ2n) is 6.59. The number of fused-ring (bicyclic) bond motifs is 4. The molecule has 2 saturated heterocycles. The Bertz CT molecular complexity index is 746. The van der Waals surface area contributed by atoms with E-state index >= 15 is 0 Å². The van der Waals surface area contributed by atoms with E-state index in [1.807, 2.05) is 19.2 Å². The van der Waals surface area contributed by atoms with Gasteiger partial charge in [0.15, 0.2) is 5.41 Å². The first-order valence-electron chi connectivity index (χ1n) is 7.83. The number of carbonyl (C=O) groups excluding carboxylic acids is 3. The molecule has 1 aromatic carbocycles. The van der Waals surface area contributed by atoms with Crippen molar-refractivity contribution >= 4 is 35.1 Å². The summed E-state index contributed by atoms with van der Waals surface area (Å²) in [6, 6.07) is 4.48. The summed E-state index contributed by atoms with van der Waals surface area (Å²) in [7, 11) is 1.96. The van der Waals surface area contributed by atoms with Crippen LogP contribution in [0.1, 0.15) is 5.56 Å². The van der Waals surface area contributed by atoms with Crippen molar-refractivity contribution < 1.29 is 14.4 Å². The zero-order chi connectivity index (χ0) is 17.1. The number of hydrogen-bond donors (Lipinski definition) is 2. The minimum atomic E-state index is -1.36. The van der Waals surface area contributed by atoms with Gasteiger partial charge >= 0.3 is 6.03 Å². The minimum Gasteiger partial charge on any atom is -0.364 e. The van der Waals surface area contributed by atoms with Crippen molar-refractivity contribution in [2.75, 3.05) is 31.6 Å². The van der Waals surface area contributed by atoms with Gasteiger partial charge in [0.05, 0.1) is 6.04 Å². The van der Waals surface area contributed by atoms with Gasteiger partial charge in [0, 0.05) is 36.8 Å². The number of likely N-dealkylation sites (N-methyl/N-ethyl adjacent to an activating group) is 1. The molecule has 0 aliphatic carbocycles. The van der Waals surface area contributed by atoms with Gasteiger partial charge in [0.1, 0.15) is 0 Å². The number of imide groups is 2. The van der Waals surface area contributed by atoms with Crippen molar-refractivity contribution in [3.63, 3.8) is 0 Å². The standard InChI is InChI=1S/C16H17ClN4O3/c1-20-5-6-21-11-4-2-3-10(17)9(11)7-16(12(21)8-20)13(22)18-15(24)19-14(16)23/h2-4,12H,5-8H2,1H3,(H2,18,19,22,23,24). The van der Waals surface area contributed by atoms with Crippen LogP contribution in [0.15, 0.2) is 18.2 Å². The SMILES string of the molecule is CN1CCN2c3cccc(Cl)c3CC3(C(=O)NC(=O)NC3=O)C2C1. The van der Waals surface area contributed by atoms with Gasteiger partial charge in [0.25, 0.3) is 0 Å². The number of barbiturate groups is 1. The van der Waals surface area contributed by atoms with Gasteiger partial charge in [-0.05, 0) is 24.7 Å². The maximum atomic E-state index is 12.8. The molecule has 4 rings (SSSR count). The van der Waals surface area contributed by atoms with Crippen LogP contribution in [0, 0.1) is 5.41 Å². The lowest BCUT2D eigenvalue weighted by atomic mass is 9.68. The summed E-state index contributed by atoms with van der Waals surface area (Å²) >= 11 is 6.36. The molecule has 3 aliphatic rings. The lowest BCUT2D eigenvalue weighted by Gasteiger charge is -2.53. The largest absolute Gasteiger partial charge is 0.364 e. The number of piperazine rings is 1. The Hall–Kier alpha value is -2.12. The van der Waals surface area contributed by atoms with Gasteiger partial charge in [-0.2, -0.15) is 0 Å². The Morgan fingerprint density at radius 1 is 1.17 bits per heavy atom. The van der Waals surface area contributed by atoms with E-state index in [2.05, 4.69) is 20.4 Å². The van der Waals surface area contributed by atoms with Gasteiger partial charge < -0.3 is 9.80 Å². The second-order valence-corrected chi connectivity index (χ2v) is 7.00. The lowest BCUT2D eigenvalue weighted by molar-refractivity contribution is -0.147. The highest BCUT2D eigenvalue weighted by Gasteiger charge is 2.60. The third-order valence-corrected chi connectivity index (χ3v) is 5.63. The number of amides is 4. The maximum absolute atomic E-state index is 12.8. The van der Waals surface area contributed by atoms with Crippen LogP contribution in [-0.2, 0) is 16.0 Å². The molecular formula is C16H17ClN4O3. The summed E-state index contributed by atoms with van der Waals surface area (Å²) in [5.41, 5.74) is 0.379. The second kappa shape index (κ2) is 5.19. The molecule has 1 aromatic rings. The fourth-order valence-corrected chi connectivity index (χ4v) is 4.28. The molecule has 4 amide bonds. The van der Waals surface area contributed by atoms with E-state index in [0.717, 1.165) is 17.8 Å². The molecule has 126 valence electrons. The van der Waals surface area contributed by atoms with E-state index in [9.17, 15) is 14.4 Å². The van der Waals surface area contributed by atoms with Crippen molar-refractivity contribution in [1.82, 2.24) is 15.5 Å². The van der Waals surface area contributed by atoms with E-state index in [4.69, 9.17) is 11.6 Å². The molecule has 1 spiro atoms. The molecule has 7 nitrogen and oxygen atoms in total. The summed E-state index contributed by atoms with van der Waals surface area (Å²) in [5.74, 6) is -1.10. The summed E-state index contributed by atoms with van der Waals surface area (Å²) < 4.78 is 0. The normalized spacial score (nSPS) is 25.8. The van der Waals surface area contributed by atoms with E-state index in [-0.39, 0.29) is 12.5 Å². The first kappa shape index (κ1) is 15.4. The van der Waals surface area contributed by atoms with Crippen LogP contribution in [0.5, 0.6) is 0 Å². The monoisotopic (exact) mass is 348 g/mol. The predicted octanol–water partition coefficient (Wildman–Crippen LogP) is 0.369. The lowest BCUT2D eigenvalue weighted by Crippen LogP contribution is -2.74. The Morgan fingerprint density at radius 2 is 1.88 bits per heavy atom. The third kappa shape index (κ3) is 1.98. The van der Waals surface area contributed by atoms with Crippen LogP contribution < -0.4 is 15.5 Å². The summed E-state index contributed by atoms with van der Waals surface area (Å²) in [6.45, 7) is 2.06. The van der Waals surface area contributed by atoms with Crippen LogP contribution in [-0.4, -0.2) is 55.5 Å². The fraction of sp³-hybridized carbons (Fsp3) is 0.438. The smallest absolute Gasteiger partial charge is 0.328 e. The number of benzene rings is 1. The van der Waals surface area contributed by atoms with Gasteiger partial charge in [-0.1, -0.05) is 17.7 Å². The number of urea groups is 1. The molecule has 1 unspecified atom stereocenters. The number of carbonyl (C=O) groups is 3. The summed E-state index contributed by atoms with van der Waals surface area (Å²) in [5, 5.41) is 5.07. The highest BCUT2D eigenvalue weighted by molar-refractivity contribution is 6.32. The van der Waals surface area contributed by atoms with E-state index in [1.54, 1.807) is 6.07 Å². The number of nitrogens with one attached hydrogen (secondary N) is 2. The molecule has 2 fully saturated rings. The molecule has 3 aliphatic heterocycles. The fourth-order valence-electron chi connectivity index (χ4n) is 4.04. The van der Waals surface area contributed by atoms with Crippen molar-refractivity contribution in [2.45, 2.75) is 12.5 Å². The zero-order valence-electron chi connectivity index (χ0n) is 13.1. The molecule has 1 atom stereocenters. The summed E-state index contributed by atoms with van der Waals surface area (Å²) in [6.07, 6.45) is 0.183. The topological polar surface area (TPSA) is 81.8 Å². The predicted molar refractivity (Wildman–Crippen MR) is 87.9 cm³/mol. The Morgan fingerprint density at radius 3 is 2.58 bits per heavy atom. The average molecular weight is 349 g/mol. The highest BCUT2D eigenvalue weighted by atomic mass is 35.5. The quantitative estimate of drug-likeness (QED) is 0.662.